The normalized spacial score (nSPS) is 17.8. The molecule has 1 saturated carbocycles. The summed E-state index contributed by atoms with van der Waals surface area (Å²) in [6, 6.07) is 8.77. The predicted molar refractivity (Wildman–Crippen MR) is 72.8 cm³/mol. The Bertz CT molecular complexity index is 356. The minimum atomic E-state index is 0.429. The van der Waals surface area contributed by atoms with E-state index in [1.807, 2.05) is 0 Å². The van der Waals surface area contributed by atoms with E-state index in [1.165, 1.54) is 22.9 Å². The lowest BCUT2D eigenvalue weighted by Crippen LogP contribution is -2.29. The summed E-state index contributed by atoms with van der Waals surface area (Å²) in [6.45, 7) is 6.76. The topological polar surface area (TPSA) is 12.0 Å². The largest absolute Gasteiger partial charge is 0.316 e. The molecule has 0 saturated heterocycles. The fourth-order valence-electron chi connectivity index (χ4n) is 2.14. The van der Waals surface area contributed by atoms with E-state index in [0.29, 0.717) is 5.41 Å². The monoisotopic (exact) mass is 281 g/mol. The molecule has 0 amide bonds. The molecule has 1 nitrogen and oxygen atoms in total. The first-order valence-electron chi connectivity index (χ1n) is 6.09. The number of halogens is 1. The molecule has 1 aromatic rings. The zero-order chi connectivity index (χ0) is 11.6. The van der Waals surface area contributed by atoms with Crippen LogP contribution in [0.4, 0.5) is 0 Å². The van der Waals surface area contributed by atoms with Gasteiger partial charge in [0, 0.05) is 16.4 Å². The zero-order valence-corrected chi connectivity index (χ0v) is 11.7. The molecule has 1 aromatic carbocycles. The van der Waals surface area contributed by atoms with Gasteiger partial charge in [-0.1, -0.05) is 41.9 Å². The summed E-state index contributed by atoms with van der Waals surface area (Å²) in [7, 11) is 0. The minimum Gasteiger partial charge on any atom is -0.316 e. The Balaban J connectivity index is 1.97. The lowest BCUT2D eigenvalue weighted by molar-refractivity contribution is 0.509. The van der Waals surface area contributed by atoms with Gasteiger partial charge in [0.15, 0.2) is 0 Å². The minimum absolute atomic E-state index is 0.429. The maximum Gasteiger partial charge on any atom is 0.0178 e. The Labute approximate surface area is 107 Å². The van der Waals surface area contributed by atoms with Crippen molar-refractivity contribution in [1.29, 1.82) is 0 Å². The van der Waals surface area contributed by atoms with Crippen LogP contribution in [0.15, 0.2) is 28.7 Å². The molecule has 1 N–H and O–H groups in total. The molecule has 0 unspecified atom stereocenters. The van der Waals surface area contributed by atoms with Gasteiger partial charge in [-0.15, -0.1) is 0 Å². The van der Waals surface area contributed by atoms with Crippen molar-refractivity contribution in [3.05, 3.63) is 34.3 Å². The van der Waals surface area contributed by atoms with E-state index in [0.717, 1.165) is 19.0 Å². The van der Waals surface area contributed by atoms with Crippen LogP contribution in [0.25, 0.3) is 0 Å². The highest BCUT2D eigenvalue weighted by molar-refractivity contribution is 9.10. The molecule has 2 rings (SSSR count). The summed E-state index contributed by atoms with van der Waals surface area (Å²) in [5, 5.41) is 3.59. The van der Waals surface area contributed by atoms with Crippen LogP contribution in [-0.2, 0) is 5.41 Å². The van der Waals surface area contributed by atoms with Gasteiger partial charge in [0.1, 0.15) is 0 Å². The Morgan fingerprint density at radius 1 is 1.38 bits per heavy atom. The molecule has 0 radical (unpaired) electrons. The molecule has 2 heteroatoms. The van der Waals surface area contributed by atoms with E-state index in [4.69, 9.17) is 0 Å². The molecular weight excluding hydrogens is 262 g/mol. The molecule has 0 aliphatic heterocycles. The van der Waals surface area contributed by atoms with Gasteiger partial charge in [-0.25, -0.2) is 0 Å². The first-order valence-corrected chi connectivity index (χ1v) is 6.88. The molecular formula is C14H20BrN. The molecule has 1 fully saturated rings. The van der Waals surface area contributed by atoms with Crippen LogP contribution in [0.5, 0.6) is 0 Å². The Morgan fingerprint density at radius 2 is 2.12 bits per heavy atom. The van der Waals surface area contributed by atoms with Gasteiger partial charge in [-0.3, -0.25) is 0 Å². The van der Waals surface area contributed by atoms with Crippen LogP contribution in [-0.4, -0.2) is 13.1 Å². The molecule has 0 heterocycles. The SMILES string of the molecule is CC(C)CNCC1(c2cccc(Br)c2)CC1. The van der Waals surface area contributed by atoms with E-state index in [-0.39, 0.29) is 0 Å². The van der Waals surface area contributed by atoms with Gasteiger partial charge in [0.05, 0.1) is 0 Å². The van der Waals surface area contributed by atoms with E-state index in [1.54, 1.807) is 0 Å². The van der Waals surface area contributed by atoms with Crippen molar-refractivity contribution >= 4 is 15.9 Å². The fourth-order valence-corrected chi connectivity index (χ4v) is 2.54. The van der Waals surface area contributed by atoms with Crippen LogP contribution >= 0.6 is 15.9 Å². The molecule has 16 heavy (non-hydrogen) atoms. The first-order chi connectivity index (χ1) is 7.62. The van der Waals surface area contributed by atoms with Crippen molar-refractivity contribution in [3.8, 4) is 0 Å². The average Bonchev–Trinajstić information content (AvgIpc) is 2.98. The first kappa shape index (κ1) is 12.1. The van der Waals surface area contributed by atoms with Crippen LogP contribution in [0, 0.1) is 5.92 Å². The molecule has 1 aliphatic carbocycles. The Kier molecular flexibility index (Phi) is 3.70. The molecule has 0 bridgehead atoms. The third-order valence-corrected chi connectivity index (χ3v) is 3.80. The molecule has 88 valence electrons. The van der Waals surface area contributed by atoms with E-state index < -0.39 is 0 Å². The van der Waals surface area contributed by atoms with E-state index in [2.05, 4.69) is 59.4 Å². The molecule has 1 aliphatic rings. The highest BCUT2D eigenvalue weighted by Gasteiger charge is 2.43. The van der Waals surface area contributed by atoms with Crippen molar-refractivity contribution in [1.82, 2.24) is 5.32 Å². The number of nitrogens with one attached hydrogen (secondary N) is 1. The van der Waals surface area contributed by atoms with Crippen molar-refractivity contribution < 1.29 is 0 Å². The van der Waals surface area contributed by atoms with E-state index in [9.17, 15) is 0 Å². The number of hydrogen-bond donors (Lipinski definition) is 1. The van der Waals surface area contributed by atoms with Gasteiger partial charge in [0.25, 0.3) is 0 Å². The molecule has 0 spiro atoms. The average molecular weight is 282 g/mol. The van der Waals surface area contributed by atoms with Gasteiger partial charge in [-0.2, -0.15) is 0 Å². The van der Waals surface area contributed by atoms with Gasteiger partial charge >= 0.3 is 0 Å². The second kappa shape index (κ2) is 4.89. The Morgan fingerprint density at radius 3 is 2.69 bits per heavy atom. The van der Waals surface area contributed by atoms with Crippen molar-refractivity contribution in [2.75, 3.05) is 13.1 Å². The van der Waals surface area contributed by atoms with Gasteiger partial charge in [0.2, 0.25) is 0 Å². The smallest absolute Gasteiger partial charge is 0.0178 e. The summed E-state index contributed by atoms with van der Waals surface area (Å²) < 4.78 is 1.19. The highest BCUT2D eigenvalue weighted by atomic mass is 79.9. The van der Waals surface area contributed by atoms with Crippen LogP contribution < -0.4 is 5.32 Å². The Hall–Kier alpha value is -0.340. The predicted octanol–water partition coefficient (Wildman–Crippen LogP) is 3.73. The van der Waals surface area contributed by atoms with Crippen LogP contribution in [0.2, 0.25) is 0 Å². The number of rotatable bonds is 5. The van der Waals surface area contributed by atoms with Gasteiger partial charge < -0.3 is 5.32 Å². The third-order valence-electron chi connectivity index (χ3n) is 3.31. The second-order valence-electron chi connectivity index (χ2n) is 5.32. The van der Waals surface area contributed by atoms with Crippen molar-refractivity contribution in [3.63, 3.8) is 0 Å². The summed E-state index contributed by atoms with van der Waals surface area (Å²) in [5.41, 5.74) is 1.91. The number of hydrogen-bond acceptors (Lipinski definition) is 1. The lowest BCUT2D eigenvalue weighted by atomic mass is 9.96. The second-order valence-corrected chi connectivity index (χ2v) is 6.23. The van der Waals surface area contributed by atoms with Gasteiger partial charge in [-0.05, 0) is 43.0 Å². The highest BCUT2D eigenvalue weighted by Crippen LogP contribution is 2.48. The van der Waals surface area contributed by atoms with Crippen molar-refractivity contribution in [2.24, 2.45) is 5.92 Å². The summed E-state index contributed by atoms with van der Waals surface area (Å²) >= 11 is 3.55. The summed E-state index contributed by atoms with van der Waals surface area (Å²) in [6.07, 6.45) is 2.66. The number of benzene rings is 1. The molecule has 0 atom stereocenters. The standard InChI is InChI=1S/C14H20BrN/c1-11(2)9-16-10-14(6-7-14)12-4-3-5-13(15)8-12/h3-5,8,11,16H,6-7,9-10H2,1-2H3. The van der Waals surface area contributed by atoms with Crippen LogP contribution in [0.3, 0.4) is 0 Å². The fraction of sp³-hybridized carbons (Fsp3) is 0.571. The maximum absolute atomic E-state index is 3.59. The van der Waals surface area contributed by atoms with Crippen molar-refractivity contribution in [2.45, 2.75) is 32.1 Å². The third kappa shape index (κ3) is 2.86. The zero-order valence-electron chi connectivity index (χ0n) is 10.1. The lowest BCUT2D eigenvalue weighted by Gasteiger charge is -2.18. The van der Waals surface area contributed by atoms with E-state index >= 15 is 0 Å². The maximum atomic E-state index is 3.59. The molecule has 0 aromatic heterocycles. The quantitative estimate of drug-likeness (QED) is 0.867. The summed E-state index contributed by atoms with van der Waals surface area (Å²) in [5.74, 6) is 0.735. The van der Waals surface area contributed by atoms with Crippen LogP contribution in [0.1, 0.15) is 32.3 Å². The summed E-state index contributed by atoms with van der Waals surface area (Å²) in [4.78, 5) is 0.